The lowest BCUT2D eigenvalue weighted by molar-refractivity contribution is -0.139. The molecule has 0 unspecified atom stereocenters. The van der Waals surface area contributed by atoms with E-state index < -0.39 is 5.97 Å². The molecule has 6 nitrogen and oxygen atoms in total. The number of rotatable bonds is 5. The fourth-order valence-corrected chi connectivity index (χ4v) is 2.16. The second-order valence-corrected chi connectivity index (χ2v) is 4.62. The number of benzene rings is 1. The normalized spacial score (nSPS) is 16.4. The molecule has 0 saturated heterocycles. The predicted octanol–water partition coefficient (Wildman–Crippen LogP) is 2.26. The monoisotopic (exact) mass is 302 g/mol. The molecular formula is C16H18N2O4. The molecule has 1 aliphatic heterocycles. The van der Waals surface area contributed by atoms with Crippen LogP contribution in [0.1, 0.15) is 20.3 Å². The van der Waals surface area contributed by atoms with Crippen LogP contribution in [0, 0.1) is 0 Å². The Hall–Kier alpha value is -2.63. The molecule has 1 aliphatic rings. The Morgan fingerprint density at radius 1 is 1.27 bits per heavy atom. The van der Waals surface area contributed by atoms with E-state index in [4.69, 9.17) is 4.74 Å². The summed E-state index contributed by atoms with van der Waals surface area (Å²) in [6.07, 6.45) is -0.0781. The van der Waals surface area contributed by atoms with Gasteiger partial charge in [-0.25, -0.2) is 0 Å². The summed E-state index contributed by atoms with van der Waals surface area (Å²) in [5, 5.41) is 5.55. The molecule has 0 radical (unpaired) electrons. The van der Waals surface area contributed by atoms with E-state index in [0.717, 1.165) is 0 Å². The Morgan fingerprint density at radius 3 is 2.55 bits per heavy atom. The number of methoxy groups -OCH3 is 1. The lowest BCUT2D eigenvalue weighted by Crippen LogP contribution is -2.22. The molecule has 1 aromatic rings. The molecular weight excluding hydrogens is 284 g/mol. The van der Waals surface area contributed by atoms with Gasteiger partial charge in [0.2, 0.25) is 0 Å². The van der Waals surface area contributed by atoms with E-state index in [1.54, 1.807) is 19.1 Å². The Morgan fingerprint density at radius 2 is 1.95 bits per heavy atom. The molecule has 0 atom stereocenters. The second-order valence-electron chi connectivity index (χ2n) is 4.62. The van der Waals surface area contributed by atoms with Crippen molar-refractivity contribution in [1.29, 1.82) is 0 Å². The van der Waals surface area contributed by atoms with E-state index in [1.807, 2.05) is 25.1 Å². The number of carbonyl (C=O) groups excluding carboxylic acids is 2. The highest BCUT2D eigenvalue weighted by Gasteiger charge is 2.34. The number of amides is 1. The average Bonchev–Trinajstić information content (AvgIpc) is 2.84. The van der Waals surface area contributed by atoms with Gasteiger partial charge in [0.25, 0.3) is 5.91 Å². The zero-order valence-electron chi connectivity index (χ0n) is 12.8. The minimum atomic E-state index is -0.455. The summed E-state index contributed by atoms with van der Waals surface area (Å²) in [7, 11) is 1.30. The van der Waals surface area contributed by atoms with Crippen molar-refractivity contribution in [2.24, 2.45) is 5.10 Å². The maximum absolute atomic E-state index is 12.6. The number of allylic oxidation sites excluding steroid dienone is 1. The van der Waals surface area contributed by atoms with Crippen LogP contribution in [0.15, 0.2) is 46.8 Å². The van der Waals surface area contributed by atoms with Crippen LogP contribution >= 0.6 is 0 Å². The van der Waals surface area contributed by atoms with E-state index in [0.29, 0.717) is 29.3 Å². The molecule has 0 aliphatic carbocycles. The van der Waals surface area contributed by atoms with Crippen molar-refractivity contribution in [2.75, 3.05) is 18.7 Å². The van der Waals surface area contributed by atoms with E-state index in [2.05, 4.69) is 9.84 Å². The quantitative estimate of drug-likeness (QED) is 0.475. The number of esters is 1. The molecule has 1 aromatic carbocycles. The number of carbonyl (C=O) groups is 2. The van der Waals surface area contributed by atoms with Crippen LogP contribution in [0.5, 0.6) is 0 Å². The van der Waals surface area contributed by atoms with E-state index in [9.17, 15) is 9.59 Å². The van der Waals surface area contributed by atoms with E-state index in [-0.39, 0.29) is 12.3 Å². The van der Waals surface area contributed by atoms with Gasteiger partial charge in [0, 0.05) is 0 Å². The minimum Gasteiger partial charge on any atom is -0.498 e. The zero-order valence-corrected chi connectivity index (χ0v) is 12.8. The van der Waals surface area contributed by atoms with Crippen molar-refractivity contribution in [1.82, 2.24) is 0 Å². The summed E-state index contributed by atoms with van der Waals surface area (Å²) in [5.41, 5.74) is 1.30. The Balaban J connectivity index is 2.42. The molecule has 22 heavy (non-hydrogen) atoms. The molecule has 0 bridgehead atoms. The molecule has 6 heteroatoms. The fourth-order valence-electron chi connectivity index (χ4n) is 2.16. The summed E-state index contributed by atoms with van der Waals surface area (Å²) in [6, 6.07) is 9.03. The SMILES string of the molecule is CCO/C(C)=C1/C(=O)N(c2ccccc2)N=C1CC(=O)OC. The number of para-hydroxylation sites is 1. The number of ether oxygens (including phenoxy) is 2. The highest BCUT2D eigenvalue weighted by Crippen LogP contribution is 2.26. The maximum atomic E-state index is 12.6. The van der Waals surface area contributed by atoms with Gasteiger partial charge < -0.3 is 9.47 Å². The third kappa shape index (κ3) is 3.16. The molecule has 0 aromatic heterocycles. The van der Waals surface area contributed by atoms with Gasteiger partial charge in [0.05, 0.1) is 31.5 Å². The van der Waals surface area contributed by atoms with Crippen molar-refractivity contribution < 1.29 is 19.1 Å². The first kappa shape index (κ1) is 15.8. The van der Waals surface area contributed by atoms with Crippen molar-refractivity contribution >= 4 is 23.3 Å². The van der Waals surface area contributed by atoms with Gasteiger partial charge in [0.15, 0.2) is 0 Å². The lowest BCUT2D eigenvalue weighted by atomic mass is 10.1. The number of hydrogen-bond donors (Lipinski definition) is 0. The van der Waals surface area contributed by atoms with Crippen molar-refractivity contribution in [2.45, 2.75) is 20.3 Å². The average molecular weight is 302 g/mol. The number of anilines is 1. The molecule has 2 rings (SSSR count). The third-order valence-corrected chi connectivity index (χ3v) is 3.17. The lowest BCUT2D eigenvalue weighted by Gasteiger charge is -2.12. The highest BCUT2D eigenvalue weighted by molar-refractivity contribution is 6.32. The van der Waals surface area contributed by atoms with Gasteiger partial charge in [0.1, 0.15) is 11.3 Å². The van der Waals surface area contributed by atoms with Crippen LogP contribution < -0.4 is 5.01 Å². The van der Waals surface area contributed by atoms with Gasteiger partial charge in [-0.05, 0) is 26.0 Å². The van der Waals surface area contributed by atoms with Crippen LogP contribution in [0.25, 0.3) is 0 Å². The maximum Gasteiger partial charge on any atom is 0.311 e. The van der Waals surface area contributed by atoms with Crippen LogP contribution in [0.3, 0.4) is 0 Å². The summed E-state index contributed by atoms with van der Waals surface area (Å²) in [5.74, 6) is -0.312. The Labute approximate surface area is 129 Å². The zero-order chi connectivity index (χ0) is 16.1. The largest absolute Gasteiger partial charge is 0.498 e. The minimum absolute atomic E-state index is 0.0781. The van der Waals surface area contributed by atoms with Gasteiger partial charge >= 0.3 is 5.97 Å². The van der Waals surface area contributed by atoms with Gasteiger partial charge in [-0.1, -0.05) is 18.2 Å². The smallest absolute Gasteiger partial charge is 0.311 e. The summed E-state index contributed by atoms with van der Waals surface area (Å²) >= 11 is 0. The number of hydrazone groups is 1. The molecule has 0 spiro atoms. The van der Waals surface area contributed by atoms with Gasteiger partial charge in [-0.3, -0.25) is 9.59 Å². The summed E-state index contributed by atoms with van der Waals surface area (Å²) in [6.45, 7) is 3.95. The van der Waals surface area contributed by atoms with Crippen LogP contribution in [0.2, 0.25) is 0 Å². The Bertz CT molecular complexity index is 635. The standard InChI is InChI=1S/C16H18N2O4/c1-4-22-11(2)15-13(10-14(19)21-3)17-18(16(15)20)12-8-6-5-7-9-12/h5-9H,4,10H2,1-3H3/b15-11+. The Kier molecular flexibility index (Phi) is 4.93. The number of hydrogen-bond acceptors (Lipinski definition) is 5. The highest BCUT2D eigenvalue weighted by atomic mass is 16.5. The van der Waals surface area contributed by atoms with Gasteiger partial charge in [-0.15, -0.1) is 0 Å². The predicted molar refractivity (Wildman–Crippen MR) is 82.3 cm³/mol. The van der Waals surface area contributed by atoms with Crippen molar-refractivity contribution in [3.63, 3.8) is 0 Å². The number of nitrogens with zero attached hydrogens (tertiary/aromatic N) is 2. The third-order valence-electron chi connectivity index (χ3n) is 3.17. The molecule has 116 valence electrons. The second kappa shape index (κ2) is 6.89. The van der Waals surface area contributed by atoms with E-state index in [1.165, 1.54) is 12.1 Å². The van der Waals surface area contributed by atoms with Crippen LogP contribution in [-0.2, 0) is 19.1 Å². The molecule has 1 heterocycles. The van der Waals surface area contributed by atoms with Crippen LogP contribution in [-0.4, -0.2) is 31.3 Å². The molecule has 0 fully saturated rings. The van der Waals surface area contributed by atoms with Crippen LogP contribution in [0.4, 0.5) is 5.69 Å². The van der Waals surface area contributed by atoms with Gasteiger partial charge in [-0.2, -0.15) is 10.1 Å². The molecule has 0 saturated carbocycles. The topological polar surface area (TPSA) is 68.2 Å². The fraction of sp³-hybridized carbons (Fsp3) is 0.312. The first-order chi connectivity index (χ1) is 10.6. The van der Waals surface area contributed by atoms with E-state index >= 15 is 0 Å². The molecule has 1 amide bonds. The summed E-state index contributed by atoms with van der Waals surface area (Å²) in [4.78, 5) is 24.2. The van der Waals surface area contributed by atoms with Crippen molar-refractivity contribution in [3.8, 4) is 0 Å². The first-order valence-corrected chi connectivity index (χ1v) is 6.96. The van der Waals surface area contributed by atoms with Crippen molar-refractivity contribution in [3.05, 3.63) is 41.7 Å². The summed E-state index contributed by atoms with van der Waals surface area (Å²) < 4.78 is 10.1. The molecule has 0 N–H and O–H groups in total. The first-order valence-electron chi connectivity index (χ1n) is 6.96.